The Labute approximate surface area is 148 Å². The lowest BCUT2D eigenvalue weighted by Gasteiger charge is -2.11. The molecular formula is C19H26N4O2. The van der Waals surface area contributed by atoms with Crippen LogP contribution >= 0.6 is 0 Å². The Kier molecular flexibility index (Phi) is 7.56. The number of nitrogens with zero attached hydrogens (tertiary/aromatic N) is 1. The van der Waals surface area contributed by atoms with Gasteiger partial charge < -0.3 is 20.4 Å². The molecule has 134 valence electrons. The normalized spacial score (nSPS) is 11.2. The van der Waals surface area contributed by atoms with Gasteiger partial charge in [0.1, 0.15) is 0 Å². The highest BCUT2D eigenvalue weighted by Crippen LogP contribution is 2.07. The molecule has 0 bridgehead atoms. The standard InChI is InChI=1S/C19H26N4O2/c1-3-20-19(23-14-16-8-5-4-6-9-16)22-12-7-11-21-18(24)17-15(2)10-13-25-17/h4-6,8-10,13H,3,7,11-12,14H2,1-2H3,(H,21,24)(H2,20,22,23). The molecule has 1 aromatic carbocycles. The highest BCUT2D eigenvalue weighted by molar-refractivity contribution is 5.92. The lowest BCUT2D eigenvalue weighted by molar-refractivity contribution is 0.0925. The first-order valence-electron chi connectivity index (χ1n) is 8.59. The lowest BCUT2D eigenvalue weighted by atomic mass is 10.2. The van der Waals surface area contributed by atoms with Gasteiger partial charge in [0.05, 0.1) is 12.8 Å². The van der Waals surface area contributed by atoms with E-state index in [2.05, 4.69) is 33.1 Å². The van der Waals surface area contributed by atoms with E-state index in [0.717, 1.165) is 31.0 Å². The predicted octanol–water partition coefficient (Wildman–Crippen LogP) is 2.46. The van der Waals surface area contributed by atoms with E-state index in [1.165, 1.54) is 11.8 Å². The fourth-order valence-electron chi connectivity index (χ4n) is 2.28. The van der Waals surface area contributed by atoms with Gasteiger partial charge in [-0.1, -0.05) is 30.3 Å². The van der Waals surface area contributed by atoms with E-state index in [9.17, 15) is 4.79 Å². The van der Waals surface area contributed by atoms with Crippen molar-refractivity contribution in [3.63, 3.8) is 0 Å². The number of aryl methyl sites for hydroxylation is 1. The molecule has 0 aliphatic carbocycles. The summed E-state index contributed by atoms with van der Waals surface area (Å²) in [7, 11) is 0. The van der Waals surface area contributed by atoms with Gasteiger partial charge in [-0.15, -0.1) is 0 Å². The molecule has 2 aromatic rings. The number of aliphatic imine (C=N–C) groups is 1. The zero-order chi connectivity index (χ0) is 17.9. The number of hydrogen-bond acceptors (Lipinski definition) is 3. The van der Waals surface area contributed by atoms with Crippen molar-refractivity contribution in [1.29, 1.82) is 0 Å². The van der Waals surface area contributed by atoms with Crippen LogP contribution in [-0.4, -0.2) is 31.5 Å². The summed E-state index contributed by atoms with van der Waals surface area (Å²) in [6.45, 7) is 6.61. The minimum Gasteiger partial charge on any atom is -0.459 e. The third-order valence-corrected chi connectivity index (χ3v) is 3.61. The Bertz CT molecular complexity index is 680. The van der Waals surface area contributed by atoms with Gasteiger partial charge in [-0.2, -0.15) is 0 Å². The topological polar surface area (TPSA) is 78.7 Å². The van der Waals surface area contributed by atoms with Crippen molar-refractivity contribution in [2.24, 2.45) is 4.99 Å². The Morgan fingerprint density at radius 2 is 1.84 bits per heavy atom. The minimum atomic E-state index is -0.174. The third-order valence-electron chi connectivity index (χ3n) is 3.61. The van der Waals surface area contributed by atoms with Crippen LogP contribution in [0.3, 0.4) is 0 Å². The number of rotatable bonds is 8. The summed E-state index contributed by atoms with van der Waals surface area (Å²) in [4.78, 5) is 16.5. The van der Waals surface area contributed by atoms with Crippen molar-refractivity contribution in [2.45, 2.75) is 26.8 Å². The SMILES string of the molecule is CCNC(=NCc1ccccc1)NCCCNC(=O)c1occc1C. The Morgan fingerprint density at radius 1 is 1.08 bits per heavy atom. The van der Waals surface area contributed by atoms with Crippen LogP contribution in [0.1, 0.15) is 35.0 Å². The summed E-state index contributed by atoms with van der Waals surface area (Å²) in [5.41, 5.74) is 2.01. The Hall–Kier alpha value is -2.76. The summed E-state index contributed by atoms with van der Waals surface area (Å²) in [5, 5.41) is 9.35. The second kappa shape index (κ2) is 10.2. The molecule has 2 rings (SSSR count). The Morgan fingerprint density at radius 3 is 2.52 bits per heavy atom. The van der Waals surface area contributed by atoms with Gasteiger partial charge in [0, 0.05) is 25.2 Å². The molecule has 3 N–H and O–H groups in total. The third kappa shape index (κ3) is 6.33. The molecule has 0 fully saturated rings. The summed E-state index contributed by atoms with van der Waals surface area (Å²) in [6, 6.07) is 11.9. The number of amides is 1. The summed E-state index contributed by atoms with van der Waals surface area (Å²) >= 11 is 0. The highest BCUT2D eigenvalue weighted by atomic mass is 16.3. The van der Waals surface area contributed by atoms with Crippen molar-refractivity contribution < 1.29 is 9.21 Å². The van der Waals surface area contributed by atoms with Crippen molar-refractivity contribution in [1.82, 2.24) is 16.0 Å². The fourth-order valence-corrected chi connectivity index (χ4v) is 2.28. The number of nitrogens with one attached hydrogen (secondary N) is 3. The number of carbonyl (C=O) groups is 1. The van der Waals surface area contributed by atoms with Crippen molar-refractivity contribution in [3.8, 4) is 0 Å². The first-order valence-corrected chi connectivity index (χ1v) is 8.59. The molecule has 0 spiro atoms. The lowest BCUT2D eigenvalue weighted by Crippen LogP contribution is -2.38. The first kappa shape index (κ1) is 18.6. The first-order chi connectivity index (χ1) is 12.2. The van der Waals surface area contributed by atoms with Gasteiger partial charge in [-0.05, 0) is 31.9 Å². The molecule has 0 radical (unpaired) electrons. The zero-order valence-corrected chi connectivity index (χ0v) is 14.8. The maximum absolute atomic E-state index is 11.9. The van der Waals surface area contributed by atoms with Gasteiger partial charge in [0.2, 0.25) is 0 Å². The van der Waals surface area contributed by atoms with E-state index in [1.54, 1.807) is 6.07 Å². The van der Waals surface area contributed by atoms with Crippen LogP contribution in [0.15, 0.2) is 52.1 Å². The largest absolute Gasteiger partial charge is 0.459 e. The van der Waals surface area contributed by atoms with Crippen molar-refractivity contribution >= 4 is 11.9 Å². The van der Waals surface area contributed by atoms with Gasteiger partial charge in [0.15, 0.2) is 11.7 Å². The quantitative estimate of drug-likeness (QED) is 0.391. The Balaban J connectivity index is 1.70. The zero-order valence-electron chi connectivity index (χ0n) is 14.8. The van der Waals surface area contributed by atoms with Gasteiger partial charge >= 0.3 is 0 Å². The molecule has 0 aliphatic heterocycles. The van der Waals surface area contributed by atoms with Crippen LogP contribution in [0.2, 0.25) is 0 Å². The van der Waals surface area contributed by atoms with Gasteiger partial charge in [0.25, 0.3) is 5.91 Å². The minimum absolute atomic E-state index is 0.174. The number of furan rings is 1. The number of carbonyl (C=O) groups excluding carboxylic acids is 1. The smallest absolute Gasteiger partial charge is 0.287 e. The molecule has 0 aliphatic rings. The molecule has 0 saturated carbocycles. The highest BCUT2D eigenvalue weighted by Gasteiger charge is 2.11. The maximum atomic E-state index is 11.9. The van der Waals surface area contributed by atoms with Crippen molar-refractivity contribution in [3.05, 3.63) is 59.5 Å². The summed E-state index contributed by atoms with van der Waals surface area (Å²) in [6.07, 6.45) is 2.32. The molecule has 0 unspecified atom stereocenters. The molecular weight excluding hydrogens is 316 g/mol. The van der Waals surface area contributed by atoms with E-state index in [0.29, 0.717) is 18.8 Å². The second-order valence-electron chi connectivity index (χ2n) is 5.65. The van der Waals surface area contributed by atoms with Crippen LogP contribution in [0.25, 0.3) is 0 Å². The number of guanidine groups is 1. The van der Waals surface area contributed by atoms with Crippen LogP contribution in [0.5, 0.6) is 0 Å². The second-order valence-corrected chi connectivity index (χ2v) is 5.65. The van der Waals surface area contributed by atoms with E-state index in [1.807, 2.05) is 32.0 Å². The van der Waals surface area contributed by atoms with E-state index in [-0.39, 0.29) is 5.91 Å². The molecule has 25 heavy (non-hydrogen) atoms. The molecule has 0 saturated heterocycles. The van der Waals surface area contributed by atoms with Crippen LogP contribution < -0.4 is 16.0 Å². The van der Waals surface area contributed by atoms with E-state index in [4.69, 9.17) is 4.42 Å². The predicted molar refractivity (Wildman–Crippen MR) is 99.7 cm³/mol. The molecule has 1 aromatic heterocycles. The average Bonchev–Trinajstić information content (AvgIpc) is 3.06. The summed E-state index contributed by atoms with van der Waals surface area (Å²) in [5.74, 6) is 0.984. The van der Waals surface area contributed by atoms with E-state index >= 15 is 0 Å². The molecule has 1 amide bonds. The van der Waals surface area contributed by atoms with Gasteiger partial charge in [-0.3, -0.25) is 4.79 Å². The number of hydrogen-bond donors (Lipinski definition) is 3. The monoisotopic (exact) mass is 342 g/mol. The fraction of sp³-hybridized carbons (Fsp3) is 0.368. The molecule has 6 heteroatoms. The van der Waals surface area contributed by atoms with E-state index < -0.39 is 0 Å². The van der Waals surface area contributed by atoms with Crippen LogP contribution in [0, 0.1) is 6.92 Å². The van der Waals surface area contributed by atoms with Crippen LogP contribution in [-0.2, 0) is 6.54 Å². The van der Waals surface area contributed by atoms with Gasteiger partial charge in [-0.25, -0.2) is 4.99 Å². The average molecular weight is 342 g/mol. The number of benzene rings is 1. The molecule has 6 nitrogen and oxygen atoms in total. The maximum Gasteiger partial charge on any atom is 0.287 e. The molecule has 1 heterocycles. The summed E-state index contributed by atoms with van der Waals surface area (Å²) < 4.78 is 5.17. The van der Waals surface area contributed by atoms with Crippen molar-refractivity contribution in [2.75, 3.05) is 19.6 Å². The molecule has 0 atom stereocenters. The van der Waals surface area contributed by atoms with Crippen LogP contribution in [0.4, 0.5) is 0 Å².